The second kappa shape index (κ2) is 5.72. The van der Waals surface area contributed by atoms with Crippen LogP contribution in [0.2, 0.25) is 10.0 Å². The standard InChI is InChI=1S/C13H8Cl2F3N/c14-8-2-1-7(11(17)3-8)6-19-13-10(15)4-9(16)5-12(13)18/h1-5,19H,6H2. The van der Waals surface area contributed by atoms with Crippen molar-refractivity contribution in [2.45, 2.75) is 6.54 Å². The van der Waals surface area contributed by atoms with E-state index in [9.17, 15) is 13.2 Å². The molecule has 0 saturated carbocycles. The fraction of sp³-hybridized carbons (Fsp3) is 0.0769. The van der Waals surface area contributed by atoms with E-state index in [1.54, 1.807) is 0 Å². The molecule has 1 nitrogen and oxygen atoms in total. The van der Waals surface area contributed by atoms with Crippen molar-refractivity contribution in [3.05, 3.63) is 63.4 Å². The van der Waals surface area contributed by atoms with Crippen LogP contribution in [-0.2, 0) is 6.54 Å². The van der Waals surface area contributed by atoms with E-state index in [1.165, 1.54) is 12.1 Å². The zero-order valence-corrected chi connectivity index (χ0v) is 11.0. The average molecular weight is 306 g/mol. The van der Waals surface area contributed by atoms with E-state index in [4.69, 9.17) is 23.2 Å². The number of benzene rings is 2. The summed E-state index contributed by atoms with van der Waals surface area (Å²) in [5, 5.41) is 2.79. The highest BCUT2D eigenvalue weighted by Crippen LogP contribution is 2.27. The van der Waals surface area contributed by atoms with E-state index in [-0.39, 0.29) is 22.3 Å². The summed E-state index contributed by atoms with van der Waals surface area (Å²) in [6, 6.07) is 5.82. The maximum Gasteiger partial charge on any atom is 0.150 e. The highest BCUT2D eigenvalue weighted by Gasteiger charge is 2.10. The van der Waals surface area contributed by atoms with Crippen LogP contribution in [0, 0.1) is 17.5 Å². The highest BCUT2D eigenvalue weighted by molar-refractivity contribution is 6.33. The van der Waals surface area contributed by atoms with Gasteiger partial charge in [0.05, 0.1) is 10.7 Å². The first-order valence-electron chi connectivity index (χ1n) is 5.29. The molecule has 0 radical (unpaired) electrons. The van der Waals surface area contributed by atoms with Crippen molar-refractivity contribution >= 4 is 28.9 Å². The van der Waals surface area contributed by atoms with Crippen LogP contribution >= 0.6 is 23.2 Å². The molecule has 2 rings (SSSR count). The third kappa shape index (κ3) is 3.33. The van der Waals surface area contributed by atoms with Crippen molar-refractivity contribution in [2.75, 3.05) is 5.32 Å². The molecule has 0 aromatic heterocycles. The normalized spacial score (nSPS) is 10.6. The van der Waals surface area contributed by atoms with Gasteiger partial charge in [-0.3, -0.25) is 0 Å². The highest BCUT2D eigenvalue weighted by atomic mass is 35.5. The molecule has 0 aliphatic rings. The van der Waals surface area contributed by atoms with Crippen LogP contribution in [0.4, 0.5) is 18.9 Å². The molecule has 0 saturated heterocycles. The Labute approximate surface area is 118 Å². The van der Waals surface area contributed by atoms with E-state index in [0.29, 0.717) is 11.6 Å². The quantitative estimate of drug-likeness (QED) is 0.839. The van der Waals surface area contributed by atoms with E-state index >= 15 is 0 Å². The minimum Gasteiger partial charge on any atom is -0.377 e. The van der Waals surface area contributed by atoms with Gasteiger partial charge in [-0.15, -0.1) is 0 Å². The van der Waals surface area contributed by atoms with Crippen molar-refractivity contribution in [3.8, 4) is 0 Å². The molecular weight excluding hydrogens is 298 g/mol. The molecule has 0 fully saturated rings. The Bertz CT molecular complexity index is 594. The second-order valence-corrected chi connectivity index (χ2v) is 4.68. The van der Waals surface area contributed by atoms with E-state index in [1.807, 2.05) is 0 Å². The molecule has 2 aromatic carbocycles. The van der Waals surface area contributed by atoms with Gasteiger partial charge in [0.2, 0.25) is 0 Å². The number of rotatable bonds is 3. The molecule has 0 amide bonds. The Balaban J connectivity index is 2.19. The first kappa shape index (κ1) is 14.0. The Kier molecular flexibility index (Phi) is 4.22. The molecule has 0 unspecified atom stereocenters. The number of hydrogen-bond donors (Lipinski definition) is 1. The molecular formula is C13H8Cl2F3N. The lowest BCUT2D eigenvalue weighted by atomic mass is 10.2. The Morgan fingerprint density at radius 2 is 1.68 bits per heavy atom. The van der Waals surface area contributed by atoms with Gasteiger partial charge in [0.25, 0.3) is 0 Å². The van der Waals surface area contributed by atoms with Gasteiger partial charge in [-0.05, 0) is 18.2 Å². The monoisotopic (exact) mass is 305 g/mol. The van der Waals surface area contributed by atoms with Gasteiger partial charge in [0, 0.05) is 23.2 Å². The minimum absolute atomic E-state index is 0.00523. The molecule has 0 heterocycles. The predicted octanol–water partition coefficient (Wildman–Crippen LogP) is 5.02. The minimum atomic E-state index is -0.834. The lowest BCUT2D eigenvalue weighted by Crippen LogP contribution is -2.04. The molecule has 19 heavy (non-hydrogen) atoms. The van der Waals surface area contributed by atoms with Crippen molar-refractivity contribution in [2.24, 2.45) is 0 Å². The summed E-state index contributed by atoms with van der Waals surface area (Å²) < 4.78 is 39.8. The Morgan fingerprint density at radius 3 is 2.32 bits per heavy atom. The van der Waals surface area contributed by atoms with Gasteiger partial charge in [-0.2, -0.15) is 0 Å². The number of anilines is 1. The summed E-state index contributed by atoms with van der Waals surface area (Å²) in [6.07, 6.45) is 0. The van der Waals surface area contributed by atoms with E-state index in [2.05, 4.69) is 5.32 Å². The fourth-order valence-electron chi connectivity index (χ4n) is 1.56. The van der Waals surface area contributed by atoms with Gasteiger partial charge >= 0.3 is 0 Å². The maximum absolute atomic E-state index is 13.5. The number of hydrogen-bond acceptors (Lipinski definition) is 1. The molecule has 2 aromatic rings. The zero-order valence-electron chi connectivity index (χ0n) is 9.48. The molecule has 0 spiro atoms. The Hall–Kier alpha value is -1.39. The van der Waals surface area contributed by atoms with E-state index in [0.717, 1.165) is 12.1 Å². The van der Waals surface area contributed by atoms with Crippen LogP contribution in [0.15, 0.2) is 30.3 Å². The predicted molar refractivity (Wildman–Crippen MR) is 70.1 cm³/mol. The van der Waals surface area contributed by atoms with Crippen LogP contribution in [0.3, 0.4) is 0 Å². The SMILES string of the molecule is Fc1cc(F)c(NCc2ccc(Cl)cc2F)c(Cl)c1. The van der Waals surface area contributed by atoms with Crippen molar-refractivity contribution in [3.63, 3.8) is 0 Å². The van der Waals surface area contributed by atoms with E-state index < -0.39 is 17.5 Å². The summed E-state index contributed by atoms with van der Waals surface area (Å²) in [6.45, 7) is 0.00523. The zero-order chi connectivity index (χ0) is 14.0. The lowest BCUT2D eigenvalue weighted by Gasteiger charge is -2.10. The molecule has 0 atom stereocenters. The van der Waals surface area contributed by atoms with Gasteiger partial charge in [0.1, 0.15) is 11.6 Å². The van der Waals surface area contributed by atoms with Crippen molar-refractivity contribution in [1.82, 2.24) is 0 Å². The topological polar surface area (TPSA) is 12.0 Å². The van der Waals surface area contributed by atoms with Crippen LogP contribution < -0.4 is 5.32 Å². The summed E-state index contributed by atoms with van der Waals surface area (Å²) in [7, 11) is 0. The first-order valence-corrected chi connectivity index (χ1v) is 6.05. The van der Waals surface area contributed by atoms with Crippen molar-refractivity contribution < 1.29 is 13.2 Å². The largest absolute Gasteiger partial charge is 0.377 e. The molecule has 100 valence electrons. The summed E-state index contributed by atoms with van der Waals surface area (Å²) in [5.74, 6) is -2.12. The number of nitrogens with one attached hydrogen (secondary N) is 1. The third-order valence-corrected chi connectivity index (χ3v) is 3.01. The van der Waals surface area contributed by atoms with Crippen molar-refractivity contribution in [1.29, 1.82) is 0 Å². The first-order chi connectivity index (χ1) is 8.97. The smallest absolute Gasteiger partial charge is 0.150 e. The number of halogens is 5. The second-order valence-electron chi connectivity index (χ2n) is 3.83. The molecule has 0 aliphatic heterocycles. The maximum atomic E-state index is 13.5. The van der Waals surface area contributed by atoms with Crippen LogP contribution in [0.5, 0.6) is 0 Å². The molecule has 0 aliphatic carbocycles. The molecule has 0 bridgehead atoms. The van der Waals surface area contributed by atoms with Crippen LogP contribution in [0.1, 0.15) is 5.56 Å². The van der Waals surface area contributed by atoms with Gasteiger partial charge in [0.15, 0.2) is 5.82 Å². The summed E-state index contributed by atoms with van der Waals surface area (Å²) >= 11 is 11.3. The lowest BCUT2D eigenvalue weighted by molar-refractivity contribution is 0.584. The summed E-state index contributed by atoms with van der Waals surface area (Å²) in [5.41, 5.74) is 0.224. The van der Waals surface area contributed by atoms with Gasteiger partial charge in [-0.1, -0.05) is 29.3 Å². The van der Waals surface area contributed by atoms with Gasteiger partial charge in [-0.25, -0.2) is 13.2 Å². The molecule has 6 heteroatoms. The summed E-state index contributed by atoms with van der Waals surface area (Å²) in [4.78, 5) is 0. The average Bonchev–Trinajstić information content (AvgIpc) is 2.30. The molecule has 1 N–H and O–H groups in total. The van der Waals surface area contributed by atoms with Crippen LogP contribution in [-0.4, -0.2) is 0 Å². The Morgan fingerprint density at radius 1 is 0.947 bits per heavy atom. The van der Waals surface area contributed by atoms with Gasteiger partial charge < -0.3 is 5.32 Å². The third-order valence-electron chi connectivity index (χ3n) is 2.48. The van der Waals surface area contributed by atoms with Crippen LogP contribution in [0.25, 0.3) is 0 Å². The fourth-order valence-corrected chi connectivity index (χ4v) is 1.98.